The number of nitrogens with zero attached hydrogens (tertiary/aromatic N) is 3. The van der Waals surface area contributed by atoms with Crippen molar-refractivity contribution in [1.82, 2.24) is 14.5 Å². The van der Waals surface area contributed by atoms with Gasteiger partial charge in [-0.2, -0.15) is 0 Å². The lowest BCUT2D eigenvalue weighted by molar-refractivity contribution is 0.111. The van der Waals surface area contributed by atoms with E-state index in [-0.39, 0.29) is 0 Å². The van der Waals surface area contributed by atoms with E-state index in [0.29, 0.717) is 12.2 Å². The lowest BCUT2D eigenvalue weighted by Crippen LogP contribution is -2.01. The third-order valence-corrected chi connectivity index (χ3v) is 1.97. The smallest absolute Gasteiger partial charge is 0.168 e. The molecule has 2 aromatic heterocycles. The lowest BCUT2D eigenvalue weighted by atomic mass is 10.2. The minimum Gasteiger partial charge on any atom is -0.324 e. The molecule has 0 fully saturated rings. The quantitative estimate of drug-likeness (QED) is 0.677. The lowest BCUT2D eigenvalue weighted by Gasteiger charge is -2.03. The van der Waals surface area contributed by atoms with Crippen LogP contribution in [0, 0.1) is 0 Å². The molecule has 2 rings (SSSR count). The van der Waals surface area contributed by atoms with Crippen LogP contribution in [0.2, 0.25) is 0 Å². The predicted octanol–water partition coefficient (Wildman–Crippen LogP) is 1.14. The van der Waals surface area contributed by atoms with Gasteiger partial charge in [0.25, 0.3) is 0 Å². The van der Waals surface area contributed by atoms with E-state index in [1.807, 2.05) is 12.1 Å². The van der Waals surface area contributed by atoms with Crippen molar-refractivity contribution in [1.29, 1.82) is 0 Å². The normalized spacial score (nSPS) is 10.0. The van der Waals surface area contributed by atoms with Gasteiger partial charge in [0.1, 0.15) is 5.69 Å². The second-order valence-electron chi connectivity index (χ2n) is 2.92. The molecule has 2 heterocycles. The van der Waals surface area contributed by atoms with E-state index in [2.05, 4.69) is 9.97 Å². The average Bonchev–Trinajstić information content (AvgIpc) is 2.67. The van der Waals surface area contributed by atoms with Crippen molar-refractivity contribution in [3.05, 3.63) is 48.3 Å². The van der Waals surface area contributed by atoms with Gasteiger partial charge in [0.15, 0.2) is 6.29 Å². The number of rotatable bonds is 3. The first-order valence-electron chi connectivity index (χ1n) is 4.24. The maximum atomic E-state index is 10.6. The number of pyridine rings is 1. The van der Waals surface area contributed by atoms with Gasteiger partial charge in [0.05, 0.1) is 12.5 Å². The number of hydrogen-bond donors (Lipinski definition) is 0. The Morgan fingerprint density at radius 1 is 1.29 bits per heavy atom. The SMILES string of the molecule is O=Cc1cncn1Cc1ccncc1. The Balaban J connectivity index is 2.23. The molecule has 0 unspecified atom stereocenters. The highest BCUT2D eigenvalue weighted by atomic mass is 16.1. The summed E-state index contributed by atoms with van der Waals surface area (Å²) in [6, 6.07) is 3.82. The topological polar surface area (TPSA) is 47.8 Å². The molecule has 0 bridgehead atoms. The third kappa shape index (κ3) is 1.69. The molecular formula is C10H9N3O. The Hall–Kier alpha value is -1.97. The standard InChI is InChI=1S/C10H9N3O/c14-7-10-5-12-8-13(10)6-9-1-3-11-4-2-9/h1-5,7-8H,6H2. The van der Waals surface area contributed by atoms with Gasteiger partial charge in [-0.25, -0.2) is 4.98 Å². The van der Waals surface area contributed by atoms with Crippen LogP contribution in [0.15, 0.2) is 37.1 Å². The molecule has 0 radical (unpaired) electrons. The molecule has 0 amide bonds. The maximum Gasteiger partial charge on any atom is 0.168 e. The maximum absolute atomic E-state index is 10.6. The fraction of sp³-hybridized carbons (Fsp3) is 0.100. The fourth-order valence-electron chi connectivity index (χ4n) is 1.25. The van der Waals surface area contributed by atoms with Crippen LogP contribution in [0.3, 0.4) is 0 Å². The molecule has 4 nitrogen and oxygen atoms in total. The molecule has 0 aliphatic carbocycles. The van der Waals surface area contributed by atoms with E-state index >= 15 is 0 Å². The van der Waals surface area contributed by atoms with Crippen LogP contribution in [-0.4, -0.2) is 20.8 Å². The molecule has 14 heavy (non-hydrogen) atoms. The van der Waals surface area contributed by atoms with Gasteiger partial charge in [-0.3, -0.25) is 9.78 Å². The van der Waals surface area contributed by atoms with E-state index in [1.165, 1.54) is 0 Å². The molecule has 0 aromatic carbocycles. The number of aromatic nitrogens is 3. The minimum atomic E-state index is 0.585. The molecule has 0 aliphatic heterocycles. The fourth-order valence-corrected chi connectivity index (χ4v) is 1.25. The highest BCUT2D eigenvalue weighted by Crippen LogP contribution is 2.03. The van der Waals surface area contributed by atoms with Crippen LogP contribution in [0.4, 0.5) is 0 Å². The van der Waals surface area contributed by atoms with Crippen LogP contribution in [0.25, 0.3) is 0 Å². The summed E-state index contributed by atoms with van der Waals surface area (Å²) in [5, 5.41) is 0. The van der Waals surface area contributed by atoms with Crippen molar-refractivity contribution >= 4 is 6.29 Å². The number of hydrogen-bond acceptors (Lipinski definition) is 3. The number of imidazole rings is 1. The molecule has 0 saturated carbocycles. The van der Waals surface area contributed by atoms with Crippen LogP contribution in [0.5, 0.6) is 0 Å². The van der Waals surface area contributed by atoms with E-state index in [0.717, 1.165) is 11.8 Å². The first kappa shape index (κ1) is 8.62. The van der Waals surface area contributed by atoms with Gasteiger partial charge in [0, 0.05) is 18.9 Å². The summed E-state index contributed by atoms with van der Waals surface area (Å²) >= 11 is 0. The van der Waals surface area contributed by atoms with Gasteiger partial charge in [-0.05, 0) is 17.7 Å². The molecule has 0 aliphatic rings. The highest BCUT2D eigenvalue weighted by Gasteiger charge is 2.00. The van der Waals surface area contributed by atoms with E-state index in [1.54, 1.807) is 29.5 Å². The van der Waals surface area contributed by atoms with Crippen LogP contribution in [0.1, 0.15) is 16.1 Å². The van der Waals surface area contributed by atoms with Gasteiger partial charge in [0.2, 0.25) is 0 Å². The van der Waals surface area contributed by atoms with Gasteiger partial charge >= 0.3 is 0 Å². The highest BCUT2D eigenvalue weighted by molar-refractivity contribution is 5.71. The molecule has 70 valence electrons. The van der Waals surface area contributed by atoms with E-state index < -0.39 is 0 Å². The summed E-state index contributed by atoms with van der Waals surface area (Å²) in [5.74, 6) is 0. The van der Waals surface area contributed by atoms with E-state index in [9.17, 15) is 4.79 Å². The largest absolute Gasteiger partial charge is 0.324 e. The minimum absolute atomic E-state index is 0.585. The van der Waals surface area contributed by atoms with Crippen LogP contribution >= 0.6 is 0 Å². The molecular weight excluding hydrogens is 178 g/mol. The zero-order valence-corrected chi connectivity index (χ0v) is 7.50. The Morgan fingerprint density at radius 3 is 2.79 bits per heavy atom. The summed E-state index contributed by atoms with van der Waals surface area (Å²) in [5.41, 5.74) is 1.68. The number of carbonyl (C=O) groups excluding carboxylic acids is 1. The van der Waals surface area contributed by atoms with Gasteiger partial charge in [-0.1, -0.05) is 0 Å². The second-order valence-corrected chi connectivity index (χ2v) is 2.92. The third-order valence-electron chi connectivity index (χ3n) is 1.97. The molecule has 0 N–H and O–H groups in total. The van der Waals surface area contributed by atoms with Crippen molar-refractivity contribution in [2.24, 2.45) is 0 Å². The first-order valence-corrected chi connectivity index (χ1v) is 4.24. The Labute approximate surface area is 81.2 Å². The molecule has 4 heteroatoms. The Bertz CT molecular complexity index is 422. The Kier molecular flexibility index (Phi) is 2.36. The molecule has 2 aromatic rings. The van der Waals surface area contributed by atoms with Crippen molar-refractivity contribution in [2.45, 2.75) is 6.54 Å². The van der Waals surface area contributed by atoms with Crippen molar-refractivity contribution in [3.8, 4) is 0 Å². The zero-order chi connectivity index (χ0) is 9.80. The molecule has 0 spiro atoms. The summed E-state index contributed by atoms with van der Waals surface area (Å²) in [4.78, 5) is 18.4. The predicted molar refractivity (Wildman–Crippen MR) is 51.0 cm³/mol. The van der Waals surface area contributed by atoms with Crippen LogP contribution < -0.4 is 0 Å². The summed E-state index contributed by atoms with van der Waals surface area (Å²) in [6.07, 6.45) is 7.45. The molecule has 0 atom stereocenters. The van der Waals surface area contributed by atoms with Gasteiger partial charge < -0.3 is 4.57 Å². The van der Waals surface area contributed by atoms with E-state index in [4.69, 9.17) is 0 Å². The summed E-state index contributed by atoms with van der Waals surface area (Å²) in [7, 11) is 0. The average molecular weight is 187 g/mol. The zero-order valence-electron chi connectivity index (χ0n) is 7.50. The molecule has 0 saturated heterocycles. The monoisotopic (exact) mass is 187 g/mol. The van der Waals surface area contributed by atoms with Crippen molar-refractivity contribution in [2.75, 3.05) is 0 Å². The van der Waals surface area contributed by atoms with Crippen molar-refractivity contribution < 1.29 is 4.79 Å². The van der Waals surface area contributed by atoms with Crippen LogP contribution in [-0.2, 0) is 6.54 Å². The Morgan fingerprint density at radius 2 is 2.07 bits per heavy atom. The first-order chi connectivity index (χ1) is 6.90. The summed E-state index contributed by atoms with van der Waals surface area (Å²) < 4.78 is 1.79. The number of aldehydes is 1. The van der Waals surface area contributed by atoms with Crippen molar-refractivity contribution in [3.63, 3.8) is 0 Å². The van der Waals surface area contributed by atoms with Gasteiger partial charge in [-0.15, -0.1) is 0 Å². The second kappa shape index (κ2) is 3.83. The number of carbonyl (C=O) groups is 1. The summed E-state index contributed by atoms with van der Waals surface area (Å²) in [6.45, 7) is 0.649.